The second-order valence-corrected chi connectivity index (χ2v) is 4.16. The van der Waals surface area contributed by atoms with E-state index in [4.69, 9.17) is 4.74 Å². The molecule has 0 aliphatic rings. The number of fused-ring (bicyclic) bond motifs is 1. The van der Waals surface area contributed by atoms with E-state index >= 15 is 0 Å². The number of H-pyrrole nitrogens is 1. The molecule has 0 amide bonds. The molecule has 0 aliphatic heterocycles. The van der Waals surface area contributed by atoms with Crippen molar-refractivity contribution >= 4 is 10.9 Å². The van der Waals surface area contributed by atoms with Gasteiger partial charge in [-0.3, -0.25) is 0 Å². The monoisotopic (exact) mass is 218 g/mol. The lowest BCUT2D eigenvalue weighted by molar-refractivity contribution is 0.343. The molecule has 0 atom stereocenters. The molecule has 0 fully saturated rings. The Hall–Kier alpha value is -1.48. The molecule has 1 N–H and O–H groups in total. The summed E-state index contributed by atoms with van der Waals surface area (Å²) in [7, 11) is 4.15. The number of benzene rings is 1. The number of ether oxygens (including phenoxy) is 1. The minimum absolute atomic E-state index is 0.696. The van der Waals surface area contributed by atoms with Crippen molar-refractivity contribution < 1.29 is 4.74 Å². The van der Waals surface area contributed by atoms with Crippen LogP contribution in [0.4, 0.5) is 0 Å². The summed E-state index contributed by atoms with van der Waals surface area (Å²) in [5.74, 6) is 0.935. The summed E-state index contributed by atoms with van der Waals surface area (Å²) in [4.78, 5) is 5.46. The first kappa shape index (κ1) is 11.0. The predicted octanol–water partition coefficient (Wildman–Crippen LogP) is 2.63. The van der Waals surface area contributed by atoms with Gasteiger partial charge in [0.1, 0.15) is 5.75 Å². The third-order valence-corrected chi connectivity index (χ3v) is 2.55. The molecule has 0 bridgehead atoms. The van der Waals surface area contributed by atoms with Gasteiger partial charge in [-0.1, -0.05) is 12.1 Å². The number of rotatable bonds is 4. The normalized spacial score (nSPS) is 11.2. The molecule has 16 heavy (non-hydrogen) atoms. The molecule has 86 valence electrons. The van der Waals surface area contributed by atoms with Crippen LogP contribution in [0.15, 0.2) is 24.4 Å². The average Bonchev–Trinajstić information content (AvgIpc) is 2.63. The molecule has 0 aliphatic carbocycles. The molecule has 0 spiro atoms. The molecular weight excluding hydrogens is 200 g/mol. The molecule has 1 aromatic heterocycles. The van der Waals surface area contributed by atoms with Crippen molar-refractivity contribution in [3.8, 4) is 5.75 Å². The van der Waals surface area contributed by atoms with Crippen molar-refractivity contribution in [3.63, 3.8) is 0 Å². The zero-order chi connectivity index (χ0) is 11.5. The van der Waals surface area contributed by atoms with Gasteiger partial charge in [0.05, 0.1) is 12.1 Å². The Kier molecular flexibility index (Phi) is 3.15. The van der Waals surface area contributed by atoms with Gasteiger partial charge in [0, 0.05) is 18.1 Å². The van der Waals surface area contributed by atoms with Gasteiger partial charge in [0.2, 0.25) is 0 Å². The van der Waals surface area contributed by atoms with Crippen LogP contribution in [0, 0.1) is 0 Å². The van der Waals surface area contributed by atoms with Crippen LogP contribution >= 0.6 is 0 Å². The molecule has 3 heteroatoms. The van der Waals surface area contributed by atoms with Crippen molar-refractivity contribution in [1.29, 1.82) is 0 Å². The molecule has 0 radical (unpaired) electrons. The number of hydrogen-bond acceptors (Lipinski definition) is 2. The summed E-state index contributed by atoms with van der Waals surface area (Å²) in [6, 6.07) is 6.18. The fourth-order valence-corrected chi connectivity index (χ4v) is 1.93. The first-order valence-electron chi connectivity index (χ1n) is 5.59. The van der Waals surface area contributed by atoms with E-state index in [1.54, 1.807) is 0 Å². The van der Waals surface area contributed by atoms with Gasteiger partial charge >= 0.3 is 0 Å². The number of hydrogen-bond donors (Lipinski definition) is 1. The maximum absolute atomic E-state index is 5.59. The predicted molar refractivity (Wildman–Crippen MR) is 66.9 cm³/mol. The number of nitrogens with zero attached hydrogens (tertiary/aromatic N) is 1. The Balaban J connectivity index is 2.44. The summed E-state index contributed by atoms with van der Waals surface area (Å²) < 4.78 is 5.59. The summed E-state index contributed by atoms with van der Waals surface area (Å²) in [6.07, 6.45) is 2.06. The van der Waals surface area contributed by atoms with Crippen molar-refractivity contribution in [1.82, 2.24) is 9.88 Å². The third-order valence-electron chi connectivity index (χ3n) is 2.55. The lowest BCUT2D eigenvalue weighted by atomic mass is 10.1. The van der Waals surface area contributed by atoms with Gasteiger partial charge in [-0.2, -0.15) is 0 Å². The summed E-state index contributed by atoms with van der Waals surface area (Å²) in [5, 5.41) is 1.25. The topological polar surface area (TPSA) is 28.3 Å². The first-order chi connectivity index (χ1) is 7.72. The molecule has 3 nitrogen and oxygen atoms in total. The van der Waals surface area contributed by atoms with E-state index in [0.717, 1.165) is 17.8 Å². The Bertz CT molecular complexity index is 474. The SMILES string of the molecule is CCOc1cccc2c(CN(C)C)c[nH]c12. The van der Waals surface area contributed by atoms with Gasteiger partial charge in [0.25, 0.3) is 0 Å². The van der Waals surface area contributed by atoms with Crippen molar-refractivity contribution in [2.24, 2.45) is 0 Å². The second kappa shape index (κ2) is 4.58. The second-order valence-electron chi connectivity index (χ2n) is 4.16. The van der Waals surface area contributed by atoms with Gasteiger partial charge in [-0.25, -0.2) is 0 Å². The van der Waals surface area contributed by atoms with Crippen LogP contribution in [0.25, 0.3) is 10.9 Å². The molecule has 0 saturated heterocycles. The third kappa shape index (κ3) is 2.04. The standard InChI is InChI=1S/C13H18N2O/c1-4-16-12-7-5-6-11-10(9-15(2)3)8-14-13(11)12/h5-8,14H,4,9H2,1-3H3. The fourth-order valence-electron chi connectivity index (χ4n) is 1.93. The highest BCUT2D eigenvalue weighted by atomic mass is 16.5. The Labute approximate surface area is 96.0 Å². The highest BCUT2D eigenvalue weighted by molar-refractivity contribution is 5.88. The lowest BCUT2D eigenvalue weighted by Crippen LogP contribution is -2.10. The van der Waals surface area contributed by atoms with Gasteiger partial charge < -0.3 is 14.6 Å². The first-order valence-corrected chi connectivity index (χ1v) is 5.59. The van der Waals surface area contributed by atoms with E-state index in [0.29, 0.717) is 6.61 Å². The highest BCUT2D eigenvalue weighted by Gasteiger charge is 2.08. The van der Waals surface area contributed by atoms with E-state index in [1.165, 1.54) is 10.9 Å². The highest BCUT2D eigenvalue weighted by Crippen LogP contribution is 2.27. The Morgan fingerprint density at radius 1 is 1.31 bits per heavy atom. The Morgan fingerprint density at radius 3 is 2.81 bits per heavy atom. The van der Waals surface area contributed by atoms with Crippen molar-refractivity contribution in [2.75, 3.05) is 20.7 Å². The minimum atomic E-state index is 0.696. The van der Waals surface area contributed by atoms with Crippen LogP contribution < -0.4 is 4.74 Å². The van der Waals surface area contributed by atoms with E-state index in [2.05, 4.69) is 36.2 Å². The molecule has 1 aromatic carbocycles. The summed E-state index contributed by atoms with van der Waals surface area (Å²) in [6.45, 7) is 3.64. The van der Waals surface area contributed by atoms with Crippen LogP contribution in [0.1, 0.15) is 12.5 Å². The van der Waals surface area contributed by atoms with Crippen LogP contribution in [0.2, 0.25) is 0 Å². The average molecular weight is 218 g/mol. The number of nitrogens with one attached hydrogen (secondary N) is 1. The maximum Gasteiger partial charge on any atom is 0.143 e. The quantitative estimate of drug-likeness (QED) is 0.854. The van der Waals surface area contributed by atoms with Crippen LogP contribution in [-0.4, -0.2) is 30.6 Å². The van der Waals surface area contributed by atoms with Gasteiger partial charge in [-0.05, 0) is 32.6 Å². The number of aromatic amines is 1. The molecular formula is C13H18N2O. The molecule has 0 saturated carbocycles. The largest absolute Gasteiger partial charge is 0.492 e. The number of aromatic nitrogens is 1. The molecule has 2 rings (SSSR count). The Morgan fingerprint density at radius 2 is 2.12 bits per heavy atom. The number of para-hydroxylation sites is 1. The lowest BCUT2D eigenvalue weighted by Gasteiger charge is -2.08. The summed E-state index contributed by atoms with van der Waals surface area (Å²) in [5.41, 5.74) is 2.41. The van der Waals surface area contributed by atoms with Gasteiger partial charge in [0.15, 0.2) is 0 Å². The zero-order valence-corrected chi connectivity index (χ0v) is 10.1. The van der Waals surface area contributed by atoms with E-state index in [9.17, 15) is 0 Å². The zero-order valence-electron chi connectivity index (χ0n) is 10.1. The van der Waals surface area contributed by atoms with Crippen molar-refractivity contribution in [3.05, 3.63) is 30.0 Å². The van der Waals surface area contributed by atoms with Crippen LogP contribution in [0.3, 0.4) is 0 Å². The van der Waals surface area contributed by atoms with E-state index in [1.807, 2.05) is 19.1 Å². The fraction of sp³-hybridized carbons (Fsp3) is 0.385. The van der Waals surface area contributed by atoms with Gasteiger partial charge in [-0.15, -0.1) is 0 Å². The minimum Gasteiger partial charge on any atom is -0.492 e. The van der Waals surface area contributed by atoms with E-state index in [-0.39, 0.29) is 0 Å². The van der Waals surface area contributed by atoms with Crippen molar-refractivity contribution in [2.45, 2.75) is 13.5 Å². The molecule has 1 heterocycles. The summed E-state index contributed by atoms with van der Waals surface area (Å²) >= 11 is 0. The van der Waals surface area contributed by atoms with Crippen LogP contribution in [-0.2, 0) is 6.54 Å². The van der Waals surface area contributed by atoms with E-state index < -0.39 is 0 Å². The maximum atomic E-state index is 5.59. The molecule has 0 unspecified atom stereocenters. The van der Waals surface area contributed by atoms with Crippen LogP contribution in [0.5, 0.6) is 5.75 Å². The smallest absolute Gasteiger partial charge is 0.143 e. The molecule has 2 aromatic rings.